The van der Waals surface area contributed by atoms with Crippen molar-refractivity contribution in [2.45, 2.75) is 41.7 Å². The van der Waals surface area contributed by atoms with E-state index in [1.807, 2.05) is 6.07 Å². The summed E-state index contributed by atoms with van der Waals surface area (Å²) in [4.78, 5) is 7.89. The molecule has 2 bridgehead atoms. The quantitative estimate of drug-likeness (QED) is 0.567. The van der Waals surface area contributed by atoms with Crippen LogP contribution < -0.4 is 10.5 Å². The Morgan fingerprint density at radius 1 is 1.28 bits per heavy atom. The van der Waals surface area contributed by atoms with E-state index in [0.29, 0.717) is 41.9 Å². The van der Waals surface area contributed by atoms with Crippen LogP contribution in [0.3, 0.4) is 0 Å². The number of sulfonamides is 1. The molecule has 0 unspecified atom stereocenters. The molecule has 3 aliphatic rings. The summed E-state index contributed by atoms with van der Waals surface area (Å²) in [7, 11) is -3.72. The minimum absolute atomic E-state index is 0.181. The zero-order valence-electron chi connectivity index (χ0n) is 15.3. The highest BCUT2D eigenvalue weighted by Gasteiger charge is 2.67. The Balaban J connectivity index is 1.52. The van der Waals surface area contributed by atoms with E-state index >= 15 is 0 Å². The molecule has 2 aromatic heterocycles. The van der Waals surface area contributed by atoms with Gasteiger partial charge in [-0.1, -0.05) is 12.1 Å². The number of fused-ring (bicyclic) bond motifs is 2. The van der Waals surface area contributed by atoms with Crippen LogP contribution in [0.25, 0.3) is 21.6 Å². The molecule has 3 fully saturated rings. The van der Waals surface area contributed by atoms with Gasteiger partial charge in [0.15, 0.2) is 5.82 Å². The van der Waals surface area contributed by atoms with Gasteiger partial charge in [-0.25, -0.2) is 29.2 Å². The molecule has 3 aromatic rings. The summed E-state index contributed by atoms with van der Waals surface area (Å²) >= 11 is 3.52. The summed E-state index contributed by atoms with van der Waals surface area (Å²) in [6.45, 7) is 7.35. The van der Waals surface area contributed by atoms with Crippen molar-refractivity contribution in [1.29, 1.82) is 0 Å². The zero-order chi connectivity index (χ0) is 20.4. The maximum absolute atomic E-state index is 13.1. The number of nitrogens with zero attached hydrogens (tertiary/aromatic N) is 4. The largest absolute Gasteiger partial charge is 0.382 e. The molecule has 0 amide bonds. The first-order valence-electron chi connectivity index (χ1n) is 9.07. The predicted octanol–water partition coefficient (Wildman–Crippen LogP) is 3.00. The zero-order valence-corrected chi connectivity index (χ0v) is 17.7. The molecular weight excluding hydrogens is 456 g/mol. The molecule has 0 spiro atoms. The SMILES string of the molecule is [C-]#[N+]C12CCC(NS(=O)(=O)c3cccc(-c4c(Br)cc5c(N)ncnn45)c3)(C1)C2. The fraction of sp³-hybridized carbons (Fsp3) is 0.316. The van der Waals surface area contributed by atoms with Gasteiger partial charge in [0.25, 0.3) is 0 Å². The standard InChI is InChI=1S/C19H17BrN6O2S/c1-22-18-5-6-19(9-18,10-18)25-29(27,28)13-4-2-3-12(7-13)16-14(20)8-15-17(21)23-11-24-26(15)16/h2-4,7-8,11,25H,5-6,9-10H2,(H2,21,23,24). The third kappa shape index (κ3) is 2.76. The lowest BCUT2D eigenvalue weighted by Gasteiger charge is -2.39. The van der Waals surface area contributed by atoms with Crippen LogP contribution in [0, 0.1) is 6.57 Å². The van der Waals surface area contributed by atoms with Crippen LogP contribution in [-0.2, 0) is 10.0 Å². The van der Waals surface area contributed by atoms with Crippen molar-refractivity contribution in [3.63, 3.8) is 0 Å². The summed E-state index contributed by atoms with van der Waals surface area (Å²) in [6.07, 6.45) is 4.00. The first-order valence-corrected chi connectivity index (χ1v) is 11.3. The van der Waals surface area contributed by atoms with E-state index in [-0.39, 0.29) is 10.4 Å². The maximum atomic E-state index is 13.1. The number of nitrogens with two attached hydrogens (primary N) is 1. The Kier molecular flexibility index (Phi) is 3.84. The van der Waals surface area contributed by atoms with E-state index in [2.05, 4.69) is 35.6 Å². The number of halogens is 1. The van der Waals surface area contributed by atoms with Crippen molar-refractivity contribution < 1.29 is 8.42 Å². The molecule has 3 aliphatic carbocycles. The van der Waals surface area contributed by atoms with Crippen molar-refractivity contribution >= 4 is 37.3 Å². The number of nitrogen functional groups attached to an aromatic ring is 1. The molecule has 6 rings (SSSR count). The van der Waals surface area contributed by atoms with Crippen LogP contribution in [0.2, 0.25) is 0 Å². The topological polar surface area (TPSA) is 107 Å². The first kappa shape index (κ1) is 18.5. The average molecular weight is 473 g/mol. The van der Waals surface area contributed by atoms with Crippen LogP contribution >= 0.6 is 15.9 Å². The summed E-state index contributed by atoms with van der Waals surface area (Å²) in [6, 6.07) is 8.53. The van der Waals surface area contributed by atoms with Crippen LogP contribution in [0.1, 0.15) is 25.7 Å². The molecule has 0 atom stereocenters. The van der Waals surface area contributed by atoms with E-state index in [9.17, 15) is 8.42 Å². The molecule has 10 heteroatoms. The first-order chi connectivity index (χ1) is 13.8. The smallest absolute Gasteiger partial charge is 0.241 e. The molecule has 29 heavy (non-hydrogen) atoms. The number of nitrogens with one attached hydrogen (secondary N) is 1. The second kappa shape index (κ2) is 6.01. The van der Waals surface area contributed by atoms with Crippen molar-refractivity contribution in [2.24, 2.45) is 0 Å². The maximum Gasteiger partial charge on any atom is 0.241 e. The van der Waals surface area contributed by atoms with Crippen molar-refractivity contribution in [2.75, 3.05) is 5.73 Å². The normalized spacial score (nSPS) is 25.7. The van der Waals surface area contributed by atoms with Crippen LogP contribution in [0.4, 0.5) is 5.82 Å². The van der Waals surface area contributed by atoms with Gasteiger partial charge in [0.05, 0.1) is 10.6 Å². The van der Waals surface area contributed by atoms with E-state index in [1.54, 1.807) is 28.8 Å². The van der Waals surface area contributed by atoms with E-state index in [4.69, 9.17) is 12.3 Å². The summed E-state index contributed by atoms with van der Waals surface area (Å²) < 4.78 is 31.4. The monoisotopic (exact) mass is 472 g/mol. The number of hydrogen-bond donors (Lipinski definition) is 2. The van der Waals surface area contributed by atoms with Gasteiger partial charge in [-0.05, 0) is 40.5 Å². The number of anilines is 1. The van der Waals surface area contributed by atoms with Gasteiger partial charge in [-0.15, -0.1) is 0 Å². The van der Waals surface area contributed by atoms with Gasteiger partial charge in [0.2, 0.25) is 15.6 Å². The number of hydrogen-bond acceptors (Lipinski definition) is 5. The summed E-state index contributed by atoms with van der Waals surface area (Å²) in [5, 5.41) is 4.25. The van der Waals surface area contributed by atoms with Crippen molar-refractivity contribution in [1.82, 2.24) is 19.3 Å². The lowest BCUT2D eigenvalue weighted by molar-refractivity contribution is 0.218. The van der Waals surface area contributed by atoms with E-state index in [0.717, 1.165) is 10.9 Å². The Morgan fingerprint density at radius 3 is 2.79 bits per heavy atom. The van der Waals surface area contributed by atoms with Gasteiger partial charge in [-0.3, -0.25) is 0 Å². The number of benzene rings is 1. The molecule has 0 radical (unpaired) electrons. The summed E-state index contributed by atoms with van der Waals surface area (Å²) in [5.74, 6) is 0.339. The minimum Gasteiger partial charge on any atom is -0.382 e. The Morgan fingerprint density at radius 2 is 2.07 bits per heavy atom. The molecule has 0 saturated heterocycles. The Labute approximate surface area is 176 Å². The van der Waals surface area contributed by atoms with Crippen LogP contribution in [0.5, 0.6) is 0 Å². The lowest BCUT2D eigenvalue weighted by atomic mass is 9.72. The number of rotatable bonds is 4. The second-order valence-electron chi connectivity index (χ2n) is 7.89. The minimum atomic E-state index is -3.72. The molecule has 148 valence electrons. The summed E-state index contributed by atoms with van der Waals surface area (Å²) in [5.41, 5.74) is 7.10. The molecule has 3 N–H and O–H groups in total. The van der Waals surface area contributed by atoms with Crippen LogP contribution in [-0.4, -0.2) is 34.1 Å². The van der Waals surface area contributed by atoms with E-state index < -0.39 is 15.6 Å². The molecule has 8 nitrogen and oxygen atoms in total. The Hall–Kier alpha value is -2.48. The van der Waals surface area contributed by atoms with Gasteiger partial charge in [0, 0.05) is 34.8 Å². The van der Waals surface area contributed by atoms with Gasteiger partial charge < -0.3 is 10.6 Å². The highest BCUT2D eigenvalue weighted by atomic mass is 79.9. The third-order valence-corrected chi connectivity index (χ3v) is 8.15. The molecule has 3 saturated carbocycles. The fourth-order valence-corrected chi connectivity index (χ4v) is 6.77. The Bertz CT molecular complexity index is 1300. The van der Waals surface area contributed by atoms with Gasteiger partial charge in [-0.2, -0.15) is 5.10 Å². The third-order valence-electron chi connectivity index (χ3n) is 5.97. The lowest BCUT2D eigenvalue weighted by Crippen LogP contribution is -2.57. The average Bonchev–Trinajstić information content (AvgIpc) is 3.31. The second-order valence-corrected chi connectivity index (χ2v) is 10.4. The van der Waals surface area contributed by atoms with Crippen molar-refractivity contribution in [3.05, 3.63) is 52.5 Å². The van der Waals surface area contributed by atoms with Crippen molar-refractivity contribution in [3.8, 4) is 11.3 Å². The molecular formula is C19H17BrN6O2S. The van der Waals surface area contributed by atoms with E-state index in [1.165, 1.54) is 6.33 Å². The molecule has 0 aliphatic heterocycles. The highest BCUT2D eigenvalue weighted by molar-refractivity contribution is 9.10. The highest BCUT2D eigenvalue weighted by Crippen LogP contribution is 2.57. The van der Waals surface area contributed by atoms with Gasteiger partial charge >= 0.3 is 0 Å². The fourth-order valence-electron chi connectivity index (χ4n) is 4.69. The van der Waals surface area contributed by atoms with Gasteiger partial charge in [0.1, 0.15) is 11.8 Å². The molecule has 2 heterocycles. The number of aromatic nitrogens is 3. The van der Waals surface area contributed by atoms with Crippen LogP contribution in [0.15, 0.2) is 46.0 Å². The molecule has 1 aromatic carbocycles. The predicted molar refractivity (Wildman–Crippen MR) is 111 cm³/mol.